The molecule has 1 aromatic rings. The van der Waals surface area contributed by atoms with Gasteiger partial charge in [0, 0.05) is 6.54 Å². The van der Waals surface area contributed by atoms with E-state index in [1.54, 1.807) is 0 Å². The number of hydrogen-bond acceptors (Lipinski definition) is 3. The highest BCUT2D eigenvalue weighted by Crippen LogP contribution is 2.08. The lowest BCUT2D eigenvalue weighted by atomic mass is 10.3. The molecular formula is C11H17NO3S. The zero-order valence-electron chi connectivity index (χ0n) is 9.35. The Morgan fingerprint density at radius 3 is 2.50 bits per heavy atom. The summed E-state index contributed by atoms with van der Waals surface area (Å²) < 4.78 is 29.4. The Labute approximate surface area is 96.7 Å². The van der Waals surface area contributed by atoms with Gasteiger partial charge in [0.2, 0.25) is 10.0 Å². The molecule has 0 heterocycles. The number of ether oxygens (including phenoxy) is 1. The van der Waals surface area contributed by atoms with Crippen molar-refractivity contribution in [3.05, 3.63) is 30.3 Å². The van der Waals surface area contributed by atoms with Crippen LogP contribution in [0.2, 0.25) is 0 Å². The molecular weight excluding hydrogens is 226 g/mol. The molecule has 0 aliphatic rings. The molecule has 0 atom stereocenters. The van der Waals surface area contributed by atoms with E-state index in [2.05, 4.69) is 4.72 Å². The maximum atomic E-state index is 10.7. The van der Waals surface area contributed by atoms with E-state index in [4.69, 9.17) is 4.74 Å². The van der Waals surface area contributed by atoms with Gasteiger partial charge in [-0.25, -0.2) is 13.1 Å². The van der Waals surface area contributed by atoms with Gasteiger partial charge in [0.05, 0.1) is 12.9 Å². The predicted molar refractivity (Wildman–Crippen MR) is 64.0 cm³/mol. The lowest BCUT2D eigenvalue weighted by molar-refractivity contribution is 0.307. The smallest absolute Gasteiger partial charge is 0.208 e. The van der Waals surface area contributed by atoms with Gasteiger partial charge in [-0.3, -0.25) is 0 Å². The van der Waals surface area contributed by atoms with Crippen LogP contribution in [0.15, 0.2) is 30.3 Å². The second-order valence-electron chi connectivity index (χ2n) is 3.54. The quantitative estimate of drug-likeness (QED) is 0.736. The van der Waals surface area contributed by atoms with Crippen LogP contribution in [0.25, 0.3) is 0 Å². The number of nitrogens with one attached hydrogen (secondary N) is 1. The summed E-state index contributed by atoms with van der Waals surface area (Å²) in [6, 6.07) is 9.56. The number of unbranched alkanes of at least 4 members (excludes halogenated alkanes) is 1. The minimum Gasteiger partial charge on any atom is -0.494 e. The summed E-state index contributed by atoms with van der Waals surface area (Å²) in [5.41, 5.74) is 0. The fraction of sp³-hybridized carbons (Fsp3) is 0.455. The lowest BCUT2D eigenvalue weighted by Gasteiger charge is -2.05. The van der Waals surface area contributed by atoms with E-state index in [0.717, 1.165) is 24.8 Å². The number of benzene rings is 1. The van der Waals surface area contributed by atoms with Crippen molar-refractivity contribution in [2.45, 2.75) is 12.8 Å². The third-order valence-electron chi connectivity index (χ3n) is 1.95. The van der Waals surface area contributed by atoms with E-state index in [1.807, 2.05) is 30.3 Å². The van der Waals surface area contributed by atoms with Crippen LogP contribution in [-0.2, 0) is 10.0 Å². The molecule has 0 unspecified atom stereocenters. The SMILES string of the molecule is CS(=O)(=O)NCCCCOc1ccccc1. The summed E-state index contributed by atoms with van der Waals surface area (Å²) >= 11 is 0. The Balaban J connectivity index is 2.05. The molecule has 0 aliphatic carbocycles. The van der Waals surface area contributed by atoms with Crippen molar-refractivity contribution in [2.24, 2.45) is 0 Å². The summed E-state index contributed by atoms with van der Waals surface area (Å²) in [6.45, 7) is 1.08. The van der Waals surface area contributed by atoms with Crippen molar-refractivity contribution < 1.29 is 13.2 Å². The Bertz CT molecular complexity index is 389. The first-order chi connectivity index (χ1) is 7.58. The Kier molecular flexibility index (Phi) is 5.28. The molecule has 0 aromatic heterocycles. The third-order valence-corrected chi connectivity index (χ3v) is 2.68. The van der Waals surface area contributed by atoms with Gasteiger partial charge in [-0.1, -0.05) is 18.2 Å². The molecule has 1 rings (SSSR count). The molecule has 5 heteroatoms. The first kappa shape index (κ1) is 13.0. The Morgan fingerprint density at radius 2 is 1.88 bits per heavy atom. The first-order valence-electron chi connectivity index (χ1n) is 5.20. The van der Waals surface area contributed by atoms with Crippen molar-refractivity contribution in [3.8, 4) is 5.75 Å². The first-order valence-corrected chi connectivity index (χ1v) is 7.09. The molecule has 0 amide bonds. The molecule has 90 valence electrons. The number of rotatable bonds is 7. The number of para-hydroxylation sites is 1. The van der Waals surface area contributed by atoms with Crippen molar-refractivity contribution in [3.63, 3.8) is 0 Å². The highest BCUT2D eigenvalue weighted by Gasteiger charge is 1.98. The van der Waals surface area contributed by atoms with Gasteiger partial charge in [-0.05, 0) is 25.0 Å². The monoisotopic (exact) mass is 243 g/mol. The van der Waals surface area contributed by atoms with Crippen molar-refractivity contribution in [1.82, 2.24) is 4.72 Å². The van der Waals surface area contributed by atoms with Crippen molar-refractivity contribution in [2.75, 3.05) is 19.4 Å². The van der Waals surface area contributed by atoms with Crippen molar-refractivity contribution >= 4 is 10.0 Å². The molecule has 16 heavy (non-hydrogen) atoms. The van der Waals surface area contributed by atoms with E-state index in [0.29, 0.717) is 13.2 Å². The molecule has 0 saturated heterocycles. The predicted octanol–water partition coefficient (Wildman–Crippen LogP) is 1.39. The average molecular weight is 243 g/mol. The van der Waals surface area contributed by atoms with E-state index < -0.39 is 10.0 Å². The van der Waals surface area contributed by atoms with Crippen LogP contribution in [0, 0.1) is 0 Å². The van der Waals surface area contributed by atoms with Crippen LogP contribution in [0.5, 0.6) is 5.75 Å². The van der Waals surface area contributed by atoms with Gasteiger partial charge >= 0.3 is 0 Å². The van der Waals surface area contributed by atoms with Crippen LogP contribution < -0.4 is 9.46 Å². The summed E-state index contributed by atoms with van der Waals surface area (Å²) in [4.78, 5) is 0. The zero-order valence-corrected chi connectivity index (χ0v) is 10.2. The minimum atomic E-state index is -3.05. The highest BCUT2D eigenvalue weighted by atomic mass is 32.2. The molecule has 0 bridgehead atoms. The molecule has 4 nitrogen and oxygen atoms in total. The van der Waals surface area contributed by atoms with Crippen LogP contribution >= 0.6 is 0 Å². The van der Waals surface area contributed by atoms with E-state index in [9.17, 15) is 8.42 Å². The number of sulfonamides is 1. The second-order valence-corrected chi connectivity index (χ2v) is 5.37. The average Bonchev–Trinajstić information content (AvgIpc) is 2.23. The topological polar surface area (TPSA) is 55.4 Å². The van der Waals surface area contributed by atoms with Gasteiger partial charge in [-0.2, -0.15) is 0 Å². The van der Waals surface area contributed by atoms with E-state index in [-0.39, 0.29) is 0 Å². The normalized spacial score (nSPS) is 11.3. The maximum Gasteiger partial charge on any atom is 0.208 e. The van der Waals surface area contributed by atoms with Crippen LogP contribution in [-0.4, -0.2) is 27.8 Å². The van der Waals surface area contributed by atoms with E-state index in [1.165, 1.54) is 0 Å². The molecule has 0 spiro atoms. The zero-order chi connectivity index (χ0) is 11.9. The molecule has 0 radical (unpaired) electrons. The maximum absolute atomic E-state index is 10.7. The molecule has 1 N–H and O–H groups in total. The molecule has 0 saturated carbocycles. The van der Waals surface area contributed by atoms with Gasteiger partial charge in [-0.15, -0.1) is 0 Å². The lowest BCUT2D eigenvalue weighted by Crippen LogP contribution is -2.23. The van der Waals surface area contributed by atoms with E-state index >= 15 is 0 Å². The third kappa shape index (κ3) is 6.42. The standard InChI is InChI=1S/C11H17NO3S/c1-16(13,14)12-9-5-6-10-15-11-7-3-2-4-8-11/h2-4,7-8,12H,5-6,9-10H2,1H3. The van der Waals surface area contributed by atoms with Crippen LogP contribution in [0.4, 0.5) is 0 Å². The summed E-state index contributed by atoms with van der Waals surface area (Å²) in [5.74, 6) is 0.846. The summed E-state index contributed by atoms with van der Waals surface area (Å²) in [7, 11) is -3.05. The minimum absolute atomic E-state index is 0.469. The fourth-order valence-corrected chi connectivity index (χ4v) is 1.71. The number of hydrogen-bond donors (Lipinski definition) is 1. The summed E-state index contributed by atoms with van der Waals surface area (Å²) in [6.07, 6.45) is 2.77. The van der Waals surface area contributed by atoms with Crippen LogP contribution in [0.1, 0.15) is 12.8 Å². The largest absolute Gasteiger partial charge is 0.494 e. The van der Waals surface area contributed by atoms with Gasteiger partial charge in [0.25, 0.3) is 0 Å². The summed E-state index contributed by atoms with van der Waals surface area (Å²) in [5, 5.41) is 0. The molecule has 1 aromatic carbocycles. The Hall–Kier alpha value is -1.07. The van der Waals surface area contributed by atoms with Gasteiger partial charge in [0.1, 0.15) is 5.75 Å². The van der Waals surface area contributed by atoms with Gasteiger partial charge < -0.3 is 4.74 Å². The van der Waals surface area contributed by atoms with Gasteiger partial charge in [0.15, 0.2) is 0 Å². The molecule has 0 aliphatic heterocycles. The molecule has 0 fully saturated rings. The second kappa shape index (κ2) is 6.50. The van der Waals surface area contributed by atoms with Crippen LogP contribution in [0.3, 0.4) is 0 Å². The highest BCUT2D eigenvalue weighted by molar-refractivity contribution is 7.88. The Morgan fingerprint density at radius 1 is 1.19 bits per heavy atom. The van der Waals surface area contributed by atoms with Crippen molar-refractivity contribution in [1.29, 1.82) is 0 Å². The fourth-order valence-electron chi connectivity index (χ4n) is 1.19.